The number of aromatic nitrogens is 2. The van der Waals surface area contributed by atoms with Crippen LogP contribution in [0.25, 0.3) is 0 Å². The van der Waals surface area contributed by atoms with Crippen molar-refractivity contribution in [3.63, 3.8) is 0 Å². The number of nitrogens with zero attached hydrogens (tertiary/aromatic N) is 2. The van der Waals surface area contributed by atoms with Crippen molar-refractivity contribution < 1.29 is 19.1 Å². The lowest BCUT2D eigenvalue weighted by Crippen LogP contribution is -2.41. The van der Waals surface area contributed by atoms with E-state index in [1.54, 1.807) is 69.3 Å². The molecule has 8 nitrogen and oxygen atoms in total. The van der Waals surface area contributed by atoms with Gasteiger partial charge in [0.25, 0.3) is 5.56 Å². The minimum Gasteiger partial charge on any atom is -0.462 e. The fourth-order valence-corrected chi connectivity index (χ4v) is 3.35. The molecule has 0 spiro atoms. The highest BCUT2D eigenvalue weighted by Crippen LogP contribution is 2.09. The highest BCUT2D eigenvalue weighted by Gasteiger charge is 2.12. The van der Waals surface area contributed by atoms with Crippen LogP contribution in [0.5, 0.6) is 0 Å². The van der Waals surface area contributed by atoms with E-state index in [1.165, 1.54) is 10.6 Å². The van der Waals surface area contributed by atoms with E-state index in [9.17, 15) is 19.2 Å². The van der Waals surface area contributed by atoms with Gasteiger partial charge in [0.15, 0.2) is 0 Å². The number of carbonyl (C=O) groups excluding carboxylic acids is 2. The molecule has 1 heterocycles. The largest absolute Gasteiger partial charge is 0.462 e. The third-order valence-electron chi connectivity index (χ3n) is 5.10. The number of benzene rings is 2. The smallest absolute Gasteiger partial charge is 0.338 e. The molecule has 0 amide bonds. The monoisotopic (exact) mass is 450 g/mol. The molecule has 33 heavy (non-hydrogen) atoms. The number of esters is 2. The van der Waals surface area contributed by atoms with Crippen LogP contribution in [0.2, 0.25) is 0 Å². The maximum absolute atomic E-state index is 13.1. The van der Waals surface area contributed by atoms with Crippen molar-refractivity contribution >= 4 is 11.9 Å². The van der Waals surface area contributed by atoms with Gasteiger partial charge < -0.3 is 9.47 Å². The summed E-state index contributed by atoms with van der Waals surface area (Å²) in [5.74, 6) is -0.826. The van der Waals surface area contributed by atoms with Gasteiger partial charge in [0.1, 0.15) is 0 Å². The van der Waals surface area contributed by atoms with Gasteiger partial charge in [-0.25, -0.2) is 14.4 Å². The van der Waals surface area contributed by atoms with Gasteiger partial charge in [0, 0.05) is 11.8 Å². The van der Waals surface area contributed by atoms with Crippen LogP contribution >= 0.6 is 0 Å². The zero-order valence-corrected chi connectivity index (χ0v) is 18.9. The third kappa shape index (κ3) is 5.65. The van der Waals surface area contributed by atoms with Crippen LogP contribution in [0.4, 0.5) is 0 Å². The predicted molar refractivity (Wildman–Crippen MR) is 123 cm³/mol. The Hall–Kier alpha value is -3.94. The molecule has 0 N–H and O–H groups in total. The molecule has 0 saturated carbocycles. The van der Waals surface area contributed by atoms with Crippen molar-refractivity contribution in [1.29, 1.82) is 0 Å². The summed E-state index contributed by atoms with van der Waals surface area (Å²) in [6.45, 7) is 6.07. The Morgan fingerprint density at radius 3 is 1.58 bits per heavy atom. The SMILES string of the molecule is CCOC(=O)c1ccc(Cn2c(C)cc(=O)n(Cc3ccc(C(=O)OCC)cc3)c2=O)cc1. The fourth-order valence-electron chi connectivity index (χ4n) is 3.35. The van der Waals surface area contributed by atoms with Gasteiger partial charge in [-0.15, -0.1) is 0 Å². The van der Waals surface area contributed by atoms with Crippen molar-refractivity contribution in [2.75, 3.05) is 13.2 Å². The Morgan fingerprint density at radius 2 is 1.15 bits per heavy atom. The van der Waals surface area contributed by atoms with Gasteiger partial charge >= 0.3 is 17.6 Å². The van der Waals surface area contributed by atoms with Crippen LogP contribution in [-0.4, -0.2) is 34.3 Å². The Morgan fingerprint density at radius 1 is 0.727 bits per heavy atom. The number of ether oxygens (including phenoxy) is 2. The molecule has 3 aromatic rings. The molecular formula is C25H26N2O6. The van der Waals surface area contributed by atoms with E-state index in [4.69, 9.17) is 9.47 Å². The summed E-state index contributed by atoms with van der Waals surface area (Å²) >= 11 is 0. The summed E-state index contributed by atoms with van der Waals surface area (Å²) in [5, 5.41) is 0. The topological polar surface area (TPSA) is 96.6 Å². The molecular weight excluding hydrogens is 424 g/mol. The number of hydrogen-bond donors (Lipinski definition) is 0. The molecule has 0 fully saturated rings. The molecule has 0 radical (unpaired) electrons. The van der Waals surface area contributed by atoms with Crippen LogP contribution in [0.3, 0.4) is 0 Å². The molecule has 0 unspecified atom stereocenters. The van der Waals surface area contributed by atoms with Crippen LogP contribution in [0.15, 0.2) is 64.2 Å². The predicted octanol–water partition coefficient (Wildman–Crippen LogP) is 2.77. The molecule has 0 atom stereocenters. The van der Waals surface area contributed by atoms with Gasteiger partial charge in [-0.05, 0) is 56.2 Å². The third-order valence-corrected chi connectivity index (χ3v) is 5.10. The molecule has 1 aromatic heterocycles. The second-order valence-corrected chi connectivity index (χ2v) is 7.41. The van der Waals surface area contributed by atoms with Crippen molar-refractivity contribution in [3.05, 3.63) is 103 Å². The lowest BCUT2D eigenvalue weighted by Gasteiger charge is -2.14. The first kappa shape index (κ1) is 23.7. The summed E-state index contributed by atoms with van der Waals surface area (Å²) in [7, 11) is 0. The van der Waals surface area contributed by atoms with E-state index in [0.29, 0.717) is 29.0 Å². The summed E-state index contributed by atoms with van der Waals surface area (Å²) in [6, 6.07) is 14.8. The highest BCUT2D eigenvalue weighted by molar-refractivity contribution is 5.89. The second kappa shape index (κ2) is 10.6. The summed E-state index contributed by atoms with van der Waals surface area (Å²) in [5.41, 5.74) is 2.04. The van der Waals surface area contributed by atoms with Gasteiger partial charge in [-0.1, -0.05) is 24.3 Å². The lowest BCUT2D eigenvalue weighted by molar-refractivity contribution is 0.0516. The minimum absolute atomic E-state index is 0.0723. The number of carbonyl (C=O) groups is 2. The van der Waals surface area contributed by atoms with Gasteiger partial charge in [-0.2, -0.15) is 0 Å². The number of aryl methyl sites for hydroxylation is 1. The Labute approximate surface area is 191 Å². The molecule has 172 valence electrons. The Kier molecular flexibility index (Phi) is 7.61. The summed E-state index contributed by atoms with van der Waals surface area (Å²) < 4.78 is 12.6. The van der Waals surface area contributed by atoms with Gasteiger partial charge in [0.2, 0.25) is 0 Å². The first-order chi connectivity index (χ1) is 15.8. The lowest BCUT2D eigenvalue weighted by atomic mass is 10.1. The average Bonchev–Trinajstić information content (AvgIpc) is 2.80. The molecule has 2 aromatic carbocycles. The average molecular weight is 450 g/mol. The zero-order valence-electron chi connectivity index (χ0n) is 18.9. The quantitative estimate of drug-likeness (QED) is 0.490. The number of rotatable bonds is 8. The summed E-state index contributed by atoms with van der Waals surface area (Å²) in [4.78, 5) is 49.3. The molecule has 8 heteroatoms. The van der Waals surface area contributed by atoms with Crippen molar-refractivity contribution in [3.8, 4) is 0 Å². The Bertz CT molecular complexity index is 1250. The molecule has 0 aliphatic carbocycles. The van der Waals surface area contributed by atoms with Crippen LogP contribution < -0.4 is 11.2 Å². The number of hydrogen-bond acceptors (Lipinski definition) is 6. The van der Waals surface area contributed by atoms with E-state index in [0.717, 1.165) is 10.1 Å². The molecule has 3 rings (SSSR count). The van der Waals surface area contributed by atoms with Crippen LogP contribution in [0.1, 0.15) is 51.4 Å². The van der Waals surface area contributed by atoms with Crippen molar-refractivity contribution in [1.82, 2.24) is 9.13 Å². The highest BCUT2D eigenvalue weighted by atomic mass is 16.5. The van der Waals surface area contributed by atoms with E-state index in [1.807, 2.05) is 0 Å². The van der Waals surface area contributed by atoms with Gasteiger partial charge in [-0.3, -0.25) is 13.9 Å². The maximum atomic E-state index is 13.1. The van der Waals surface area contributed by atoms with Gasteiger partial charge in [0.05, 0.1) is 37.4 Å². The normalized spacial score (nSPS) is 10.6. The summed E-state index contributed by atoms with van der Waals surface area (Å²) in [6.07, 6.45) is 0. The Balaban J connectivity index is 1.84. The standard InChI is InChI=1S/C25H26N2O6/c1-4-32-23(29)20-10-6-18(7-11-20)15-26-17(3)14-22(28)27(25(26)31)16-19-8-12-21(13-9-19)24(30)33-5-2/h6-14H,4-5,15-16H2,1-3H3. The van der Waals surface area contributed by atoms with E-state index < -0.39 is 23.2 Å². The second-order valence-electron chi connectivity index (χ2n) is 7.41. The maximum Gasteiger partial charge on any atom is 0.338 e. The molecule has 0 aliphatic rings. The minimum atomic E-state index is -0.441. The molecule has 0 saturated heterocycles. The van der Waals surface area contributed by atoms with E-state index in [2.05, 4.69) is 0 Å². The van der Waals surface area contributed by atoms with Crippen LogP contribution in [-0.2, 0) is 22.6 Å². The zero-order chi connectivity index (χ0) is 24.0. The van der Waals surface area contributed by atoms with Crippen molar-refractivity contribution in [2.24, 2.45) is 0 Å². The van der Waals surface area contributed by atoms with E-state index >= 15 is 0 Å². The van der Waals surface area contributed by atoms with Crippen molar-refractivity contribution in [2.45, 2.75) is 33.9 Å². The first-order valence-corrected chi connectivity index (χ1v) is 10.7. The first-order valence-electron chi connectivity index (χ1n) is 10.7. The molecule has 0 aliphatic heterocycles. The van der Waals surface area contributed by atoms with Crippen LogP contribution in [0, 0.1) is 6.92 Å². The molecule has 0 bridgehead atoms. The fraction of sp³-hybridized carbons (Fsp3) is 0.280. The van der Waals surface area contributed by atoms with E-state index in [-0.39, 0.29) is 19.7 Å².